The SMILES string of the molecule is CCC1CCCC(n2c(C(C)Cl)nc3ccc(F)cc32)C1. The Kier molecular flexibility index (Phi) is 4.21. The molecule has 0 radical (unpaired) electrons. The molecule has 1 aliphatic carbocycles. The topological polar surface area (TPSA) is 17.8 Å². The molecule has 3 atom stereocenters. The fourth-order valence-corrected chi connectivity index (χ4v) is 3.77. The summed E-state index contributed by atoms with van der Waals surface area (Å²) in [6, 6.07) is 5.22. The molecule has 1 heterocycles. The van der Waals surface area contributed by atoms with Gasteiger partial charge in [-0.3, -0.25) is 0 Å². The van der Waals surface area contributed by atoms with Crippen molar-refractivity contribution in [2.45, 2.75) is 57.4 Å². The van der Waals surface area contributed by atoms with Crippen LogP contribution in [0.3, 0.4) is 0 Å². The first-order valence-corrected chi connectivity index (χ1v) is 8.35. The number of rotatable bonds is 3. The maximum absolute atomic E-state index is 13.7. The zero-order valence-electron chi connectivity index (χ0n) is 12.6. The van der Waals surface area contributed by atoms with Gasteiger partial charge in [0.2, 0.25) is 0 Å². The minimum absolute atomic E-state index is 0.164. The van der Waals surface area contributed by atoms with E-state index in [0.717, 1.165) is 35.6 Å². The summed E-state index contributed by atoms with van der Waals surface area (Å²) in [5, 5.41) is -0.164. The number of imidazole rings is 1. The van der Waals surface area contributed by atoms with Gasteiger partial charge in [-0.15, -0.1) is 11.6 Å². The van der Waals surface area contributed by atoms with E-state index in [1.165, 1.54) is 25.3 Å². The normalized spacial score (nSPS) is 24.4. The number of nitrogens with zero attached hydrogens (tertiary/aromatic N) is 2. The van der Waals surface area contributed by atoms with E-state index in [0.29, 0.717) is 6.04 Å². The lowest BCUT2D eigenvalue weighted by atomic mass is 9.84. The molecule has 3 unspecified atom stereocenters. The highest BCUT2D eigenvalue weighted by Crippen LogP contribution is 2.38. The van der Waals surface area contributed by atoms with Crippen molar-refractivity contribution in [2.75, 3.05) is 0 Å². The number of fused-ring (bicyclic) bond motifs is 1. The summed E-state index contributed by atoms with van der Waals surface area (Å²) in [6.07, 6.45) is 6.03. The quantitative estimate of drug-likeness (QED) is 0.673. The molecule has 1 fully saturated rings. The van der Waals surface area contributed by atoms with Gasteiger partial charge in [-0.05, 0) is 43.9 Å². The summed E-state index contributed by atoms with van der Waals surface area (Å²) >= 11 is 6.33. The van der Waals surface area contributed by atoms with Crippen LogP contribution in [0.25, 0.3) is 11.0 Å². The summed E-state index contributed by atoms with van der Waals surface area (Å²) in [6.45, 7) is 4.19. The van der Waals surface area contributed by atoms with Gasteiger partial charge in [-0.1, -0.05) is 26.2 Å². The summed E-state index contributed by atoms with van der Waals surface area (Å²) in [7, 11) is 0. The molecule has 0 amide bonds. The molecule has 1 aliphatic rings. The van der Waals surface area contributed by atoms with Gasteiger partial charge < -0.3 is 4.57 Å². The maximum atomic E-state index is 13.7. The van der Waals surface area contributed by atoms with E-state index in [9.17, 15) is 4.39 Å². The number of aromatic nitrogens is 2. The summed E-state index contributed by atoms with van der Waals surface area (Å²) < 4.78 is 15.9. The Morgan fingerprint density at radius 2 is 2.24 bits per heavy atom. The Hall–Kier alpha value is -1.09. The molecule has 2 nitrogen and oxygen atoms in total. The van der Waals surface area contributed by atoms with Crippen LogP contribution in [0.15, 0.2) is 18.2 Å². The van der Waals surface area contributed by atoms with Crippen LogP contribution in [-0.2, 0) is 0 Å². The van der Waals surface area contributed by atoms with Crippen molar-refractivity contribution in [3.63, 3.8) is 0 Å². The zero-order valence-corrected chi connectivity index (χ0v) is 13.4. The molecule has 0 aliphatic heterocycles. The Morgan fingerprint density at radius 1 is 1.43 bits per heavy atom. The Morgan fingerprint density at radius 3 is 2.95 bits per heavy atom. The van der Waals surface area contributed by atoms with Crippen molar-refractivity contribution in [1.82, 2.24) is 9.55 Å². The Bertz CT molecular complexity index is 635. The highest BCUT2D eigenvalue weighted by atomic mass is 35.5. The largest absolute Gasteiger partial charge is 0.324 e. The van der Waals surface area contributed by atoms with E-state index >= 15 is 0 Å². The predicted molar refractivity (Wildman–Crippen MR) is 85.2 cm³/mol. The molecule has 4 heteroatoms. The fourth-order valence-electron chi connectivity index (χ4n) is 3.62. The van der Waals surface area contributed by atoms with E-state index in [1.54, 1.807) is 12.1 Å². The van der Waals surface area contributed by atoms with Crippen LogP contribution in [-0.4, -0.2) is 9.55 Å². The van der Waals surface area contributed by atoms with E-state index in [1.807, 2.05) is 6.92 Å². The highest BCUT2D eigenvalue weighted by Gasteiger charge is 2.27. The highest BCUT2D eigenvalue weighted by molar-refractivity contribution is 6.20. The van der Waals surface area contributed by atoms with E-state index < -0.39 is 0 Å². The van der Waals surface area contributed by atoms with Gasteiger partial charge in [0.1, 0.15) is 11.6 Å². The van der Waals surface area contributed by atoms with E-state index in [4.69, 9.17) is 11.6 Å². The maximum Gasteiger partial charge on any atom is 0.127 e. The molecule has 1 aromatic carbocycles. The molecule has 3 rings (SSSR count). The lowest BCUT2D eigenvalue weighted by Crippen LogP contribution is -2.20. The molecule has 0 saturated heterocycles. The zero-order chi connectivity index (χ0) is 15.0. The third-order valence-electron chi connectivity index (χ3n) is 4.73. The average molecular weight is 309 g/mol. The molecule has 0 N–H and O–H groups in total. The minimum Gasteiger partial charge on any atom is -0.324 e. The predicted octanol–water partition coefficient (Wildman–Crippen LogP) is 5.62. The number of halogens is 2. The second-order valence-corrected chi connectivity index (χ2v) is 6.84. The van der Waals surface area contributed by atoms with Crippen LogP contribution < -0.4 is 0 Å². The minimum atomic E-state index is -0.208. The molecular weight excluding hydrogens is 287 g/mol. The second kappa shape index (κ2) is 5.96. The molecule has 2 aromatic rings. The lowest BCUT2D eigenvalue weighted by molar-refractivity contribution is 0.261. The molecular formula is C17H22ClFN2. The summed E-state index contributed by atoms with van der Waals surface area (Å²) in [5.41, 5.74) is 1.73. The smallest absolute Gasteiger partial charge is 0.127 e. The van der Waals surface area contributed by atoms with Crippen molar-refractivity contribution >= 4 is 22.6 Å². The average Bonchev–Trinajstić information content (AvgIpc) is 2.86. The fraction of sp³-hybridized carbons (Fsp3) is 0.588. The van der Waals surface area contributed by atoms with Crippen LogP contribution in [0.4, 0.5) is 4.39 Å². The standard InChI is InChI=1S/C17H22ClFN2/c1-3-12-5-4-6-14(9-12)21-16-10-13(19)7-8-15(16)20-17(21)11(2)18/h7-8,10-12,14H,3-6,9H2,1-2H3. The van der Waals surface area contributed by atoms with E-state index in [2.05, 4.69) is 16.5 Å². The molecule has 0 spiro atoms. The first-order valence-electron chi connectivity index (χ1n) is 7.91. The van der Waals surface area contributed by atoms with Gasteiger partial charge in [-0.2, -0.15) is 0 Å². The summed E-state index contributed by atoms with van der Waals surface area (Å²) in [4.78, 5) is 4.64. The van der Waals surface area contributed by atoms with Gasteiger partial charge in [-0.25, -0.2) is 9.37 Å². The summed E-state index contributed by atoms with van der Waals surface area (Å²) in [5.74, 6) is 1.42. The van der Waals surface area contributed by atoms with Gasteiger partial charge >= 0.3 is 0 Å². The first kappa shape index (κ1) is 14.8. The van der Waals surface area contributed by atoms with Gasteiger partial charge in [0, 0.05) is 6.04 Å². The molecule has 0 bridgehead atoms. The van der Waals surface area contributed by atoms with Gasteiger partial charge in [0.25, 0.3) is 0 Å². The molecule has 21 heavy (non-hydrogen) atoms. The first-order chi connectivity index (χ1) is 10.1. The number of hydrogen-bond donors (Lipinski definition) is 0. The van der Waals surface area contributed by atoms with Gasteiger partial charge in [0.15, 0.2) is 0 Å². The Balaban J connectivity index is 2.10. The third kappa shape index (κ3) is 2.80. The monoisotopic (exact) mass is 308 g/mol. The van der Waals surface area contributed by atoms with Crippen molar-refractivity contribution in [2.24, 2.45) is 5.92 Å². The number of benzene rings is 1. The van der Waals surface area contributed by atoms with Crippen LogP contribution in [0.5, 0.6) is 0 Å². The Labute approximate surface area is 130 Å². The van der Waals surface area contributed by atoms with Crippen molar-refractivity contribution in [1.29, 1.82) is 0 Å². The molecule has 1 aromatic heterocycles. The van der Waals surface area contributed by atoms with Crippen LogP contribution in [0.2, 0.25) is 0 Å². The molecule has 114 valence electrons. The third-order valence-corrected chi connectivity index (χ3v) is 4.93. The van der Waals surface area contributed by atoms with Crippen LogP contribution in [0, 0.1) is 11.7 Å². The lowest BCUT2D eigenvalue weighted by Gasteiger charge is -2.31. The van der Waals surface area contributed by atoms with Crippen molar-refractivity contribution in [3.8, 4) is 0 Å². The van der Waals surface area contributed by atoms with Crippen molar-refractivity contribution < 1.29 is 4.39 Å². The van der Waals surface area contributed by atoms with E-state index in [-0.39, 0.29) is 11.2 Å². The number of alkyl halides is 1. The van der Waals surface area contributed by atoms with Gasteiger partial charge in [0.05, 0.1) is 16.4 Å². The van der Waals surface area contributed by atoms with Crippen LogP contribution in [0.1, 0.15) is 63.2 Å². The van der Waals surface area contributed by atoms with Crippen molar-refractivity contribution in [3.05, 3.63) is 29.8 Å². The number of hydrogen-bond acceptors (Lipinski definition) is 1. The van der Waals surface area contributed by atoms with Crippen LogP contribution >= 0.6 is 11.6 Å². The second-order valence-electron chi connectivity index (χ2n) is 6.18. The molecule has 1 saturated carbocycles.